The van der Waals surface area contributed by atoms with E-state index >= 15 is 0 Å². The van der Waals surface area contributed by atoms with Crippen LogP contribution in [0, 0.1) is 0 Å². The lowest BCUT2D eigenvalue weighted by Gasteiger charge is -2.02. The first-order chi connectivity index (χ1) is 7.86. The number of nitrogens with zero attached hydrogens (tertiary/aromatic N) is 1. The molecule has 0 unspecified atom stereocenters. The fourth-order valence-corrected chi connectivity index (χ4v) is 2.10. The number of hydrogen-bond acceptors (Lipinski definition) is 5. The summed E-state index contributed by atoms with van der Waals surface area (Å²) in [6.45, 7) is 3.31. The summed E-state index contributed by atoms with van der Waals surface area (Å²) in [6, 6.07) is 0. The van der Waals surface area contributed by atoms with Gasteiger partial charge in [0.2, 0.25) is 0 Å². The van der Waals surface area contributed by atoms with Gasteiger partial charge in [-0.05, 0) is 19.4 Å². The van der Waals surface area contributed by atoms with E-state index in [1.807, 2.05) is 0 Å². The first kappa shape index (κ1) is 13.6. The molecule has 0 aliphatic heterocycles. The Labute approximate surface area is 101 Å². The summed E-state index contributed by atoms with van der Waals surface area (Å²) in [6.07, 6.45) is 2.25. The summed E-state index contributed by atoms with van der Waals surface area (Å²) < 4.78 is 10.0. The Kier molecular flexibility index (Phi) is 7.33. The van der Waals surface area contributed by atoms with Crippen LogP contribution in [0.1, 0.15) is 23.5 Å². The second-order valence-electron chi connectivity index (χ2n) is 3.54. The molecule has 0 aromatic carbocycles. The van der Waals surface area contributed by atoms with Crippen molar-refractivity contribution in [2.45, 2.75) is 26.0 Å². The van der Waals surface area contributed by atoms with Crippen molar-refractivity contribution in [3.05, 3.63) is 16.1 Å². The first-order valence-corrected chi connectivity index (χ1v) is 6.36. The Morgan fingerprint density at radius 2 is 2.19 bits per heavy atom. The Morgan fingerprint density at radius 1 is 1.31 bits per heavy atom. The summed E-state index contributed by atoms with van der Waals surface area (Å²) in [5.41, 5.74) is 1.10. The van der Waals surface area contributed by atoms with Crippen LogP contribution in [0.25, 0.3) is 0 Å². The molecule has 0 radical (unpaired) electrons. The number of rotatable bonds is 9. The van der Waals surface area contributed by atoms with Crippen molar-refractivity contribution in [1.29, 1.82) is 0 Å². The van der Waals surface area contributed by atoms with Crippen LogP contribution in [-0.2, 0) is 22.6 Å². The Hall–Kier alpha value is -0.490. The number of hydrogen-bond donors (Lipinski definition) is 1. The van der Waals surface area contributed by atoms with Gasteiger partial charge in [-0.15, -0.1) is 11.3 Å². The van der Waals surface area contributed by atoms with Crippen LogP contribution in [0.2, 0.25) is 0 Å². The van der Waals surface area contributed by atoms with Crippen molar-refractivity contribution in [2.75, 3.05) is 27.4 Å². The normalized spacial score (nSPS) is 10.9. The van der Waals surface area contributed by atoms with E-state index in [0.717, 1.165) is 43.2 Å². The Morgan fingerprint density at radius 3 is 2.94 bits per heavy atom. The minimum atomic E-state index is 0.610. The molecule has 0 atom stereocenters. The van der Waals surface area contributed by atoms with Crippen LogP contribution >= 0.6 is 11.3 Å². The molecular formula is C11H20N2O2S. The fourth-order valence-electron chi connectivity index (χ4n) is 1.33. The van der Waals surface area contributed by atoms with Gasteiger partial charge in [0.05, 0.1) is 12.3 Å². The van der Waals surface area contributed by atoms with E-state index in [9.17, 15) is 0 Å². The maximum Gasteiger partial charge on any atom is 0.119 e. The van der Waals surface area contributed by atoms with Gasteiger partial charge in [0.1, 0.15) is 5.01 Å². The molecule has 0 bridgehead atoms. The summed E-state index contributed by atoms with van der Waals surface area (Å²) in [7, 11) is 3.43. The molecular weight excluding hydrogens is 224 g/mol. The highest BCUT2D eigenvalue weighted by Crippen LogP contribution is 2.10. The molecule has 1 N–H and O–H groups in total. The van der Waals surface area contributed by atoms with E-state index in [0.29, 0.717) is 6.61 Å². The number of nitrogens with one attached hydrogen (secondary N) is 1. The summed E-state index contributed by atoms with van der Waals surface area (Å²) >= 11 is 1.65. The van der Waals surface area contributed by atoms with Crippen LogP contribution < -0.4 is 5.32 Å². The van der Waals surface area contributed by atoms with Crippen LogP contribution in [-0.4, -0.2) is 32.4 Å². The fraction of sp³-hybridized carbons (Fsp3) is 0.727. The van der Waals surface area contributed by atoms with Crippen molar-refractivity contribution < 1.29 is 9.47 Å². The predicted octanol–water partition coefficient (Wildman–Crippen LogP) is 1.81. The van der Waals surface area contributed by atoms with Gasteiger partial charge in [-0.1, -0.05) is 0 Å². The molecule has 1 aromatic rings. The SMILES string of the molecule is COCCCCNCc1csc(COC)n1. The molecule has 0 spiro atoms. The molecule has 1 heterocycles. The highest BCUT2D eigenvalue weighted by Gasteiger charge is 2.00. The highest BCUT2D eigenvalue weighted by atomic mass is 32.1. The summed E-state index contributed by atoms with van der Waals surface area (Å²) in [5, 5.41) is 6.48. The van der Waals surface area contributed by atoms with Crippen LogP contribution in [0.15, 0.2) is 5.38 Å². The minimum absolute atomic E-state index is 0.610. The minimum Gasteiger partial charge on any atom is -0.385 e. The number of aromatic nitrogens is 1. The molecule has 1 aromatic heterocycles. The zero-order valence-corrected chi connectivity index (χ0v) is 10.8. The quantitative estimate of drug-likeness (QED) is 0.673. The van der Waals surface area contributed by atoms with E-state index in [2.05, 4.69) is 15.7 Å². The van der Waals surface area contributed by atoms with Crippen molar-refractivity contribution >= 4 is 11.3 Å². The summed E-state index contributed by atoms with van der Waals surface area (Å²) in [4.78, 5) is 4.44. The van der Waals surface area contributed by atoms with Gasteiger partial charge in [0.25, 0.3) is 0 Å². The third-order valence-corrected chi connectivity index (χ3v) is 3.00. The molecule has 5 heteroatoms. The molecule has 0 amide bonds. The third-order valence-electron chi connectivity index (χ3n) is 2.13. The smallest absolute Gasteiger partial charge is 0.119 e. The summed E-state index contributed by atoms with van der Waals surface area (Å²) in [5.74, 6) is 0. The van der Waals surface area contributed by atoms with Gasteiger partial charge in [0, 0.05) is 32.8 Å². The lowest BCUT2D eigenvalue weighted by molar-refractivity contribution is 0.184. The third kappa shape index (κ3) is 5.55. The van der Waals surface area contributed by atoms with Crippen molar-refractivity contribution in [3.8, 4) is 0 Å². The van der Waals surface area contributed by atoms with Crippen LogP contribution in [0.4, 0.5) is 0 Å². The molecule has 0 saturated carbocycles. The zero-order valence-electron chi connectivity index (χ0n) is 9.99. The van der Waals surface area contributed by atoms with Crippen LogP contribution in [0.5, 0.6) is 0 Å². The van der Waals surface area contributed by atoms with Gasteiger partial charge in [-0.2, -0.15) is 0 Å². The van der Waals surface area contributed by atoms with E-state index in [-0.39, 0.29) is 0 Å². The van der Waals surface area contributed by atoms with Crippen molar-refractivity contribution in [3.63, 3.8) is 0 Å². The number of methoxy groups -OCH3 is 2. The number of unbranched alkanes of at least 4 members (excludes halogenated alkanes) is 1. The van der Waals surface area contributed by atoms with Crippen LogP contribution in [0.3, 0.4) is 0 Å². The second kappa shape index (κ2) is 8.64. The van der Waals surface area contributed by atoms with Gasteiger partial charge in [-0.3, -0.25) is 0 Å². The van der Waals surface area contributed by atoms with E-state index in [1.54, 1.807) is 25.6 Å². The van der Waals surface area contributed by atoms with Gasteiger partial charge in [0.15, 0.2) is 0 Å². The molecule has 4 nitrogen and oxygen atoms in total. The molecule has 0 fully saturated rings. The Bertz CT molecular complexity index is 279. The average Bonchev–Trinajstić information content (AvgIpc) is 2.72. The van der Waals surface area contributed by atoms with Crippen molar-refractivity contribution in [1.82, 2.24) is 10.3 Å². The Balaban J connectivity index is 2.07. The largest absolute Gasteiger partial charge is 0.385 e. The lowest BCUT2D eigenvalue weighted by Crippen LogP contribution is -2.15. The van der Waals surface area contributed by atoms with Crippen molar-refractivity contribution in [2.24, 2.45) is 0 Å². The maximum absolute atomic E-state index is 5.02. The second-order valence-corrected chi connectivity index (χ2v) is 4.48. The van der Waals surface area contributed by atoms with E-state index in [1.165, 1.54) is 0 Å². The standard InChI is InChI=1S/C11H20N2O2S/c1-14-6-4-3-5-12-7-10-9-16-11(13-10)8-15-2/h9,12H,3-8H2,1-2H3. The number of ether oxygens (including phenoxy) is 2. The number of thiazole rings is 1. The van der Waals surface area contributed by atoms with E-state index in [4.69, 9.17) is 9.47 Å². The highest BCUT2D eigenvalue weighted by molar-refractivity contribution is 7.09. The topological polar surface area (TPSA) is 43.4 Å². The molecule has 0 aliphatic carbocycles. The van der Waals surface area contributed by atoms with Gasteiger partial charge in [-0.25, -0.2) is 4.98 Å². The molecule has 0 saturated heterocycles. The van der Waals surface area contributed by atoms with E-state index < -0.39 is 0 Å². The first-order valence-electron chi connectivity index (χ1n) is 5.48. The van der Waals surface area contributed by atoms with Gasteiger partial charge >= 0.3 is 0 Å². The molecule has 1 rings (SSSR count). The maximum atomic E-state index is 5.02. The zero-order chi connectivity index (χ0) is 11.6. The van der Waals surface area contributed by atoms with Gasteiger partial charge < -0.3 is 14.8 Å². The average molecular weight is 244 g/mol. The molecule has 92 valence electrons. The molecule has 16 heavy (non-hydrogen) atoms. The monoisotopic (exact) mass is 244 g/mol. The molecule has 0 aliphatic rings. The lowest BCUT2D eigenvalue weighted by atomic mass is 10.3. The predicted molar refractivity (Wildman–Crippen MR) is 65.6 cm³/mol.